The predicted molar refractivity (Wildman–Crippen MR) is 49.6 cm³/mol. The van der Waals surface area contributed by atoms with Gasteiger partial charge >= 0.3 is 0 Å². The van der Waals surface area contributed by atoms with E-state index in [0.29, 0.717) is 0 Å². The Morgan fingerprint density at radius 3 is 2.91 bits per heavy atom. The lowest BCUT2D eigenvalue weighted by Gasteiger charge is -1.95. The van der Waals surface area contributed by atoms with Gasteiger partial charge in [-0.2, -0.15) is 0 Å². The van der Waals surface area contributed by atoms with Crippen LogP contribution in [0.25, 0.3) is 6.08 Å². The molecule has 0 radical (unpaired) electrons. The minimum atomic E-state index is 0.775. The Bertz CT molecular complexity index is 255. The normalized spacial score (nSPS) is 10.7. The van der Waals surface area contributed by atoms with Gasteiger partial charge in [0.2, 0.25) is 0 Å². The van der Waals surface area contributed by atoms with E-state index in [1.165, 1.54) is 0 Å². The average Bonchev–Trinajstić information content (AvgIpc) is 2.06. The topological polar surface area (TPSA) is 20.2 Å². The fourth-order valence-corrected chi connectivity index (χ4v) is 1.20. The molecule has 2 heteroatoms. The van der Waals surface area contributed by atoms with Crippen molar-refractivity contribution in [3.63, 3.8) is 0 Å². The van der Waals surface area contributed by atoms with E-state index >= 15 is 0 Å². The largest absolute Gasteiger partial charge is 0.325 e. The highest BCUT2D eigenvalue weighted by Gasteiger charge is 1.90. The molecule has 58 valence electrons. The highest BCUT2D eigenvalue weighted by atomic mass is 32.2. The van der Waals surface area contributed by atoms with Crippen LogP contribution >= 0.6 is 12.0 Å². The summed E-state index contributed by atoms with van der Waals surface area (Å²) in [6.07, 6.45) is 3.97. The predicted octanol–water partition coefficient (Wildman–Crippen LogP) is 3.28. The first kappa shape index (κ1) is 8.37. The molecule has 0 spiro atoms. The summed E-state index contributed by atoms with van der Waals surface area (Å²) in [5.74, 6) is 0. The van der Waals surface area contributed by atoms with Crippen LogP contribution in [0.2, 0.25) is 0 Å². The first-order valence-electron chi connectivity index (χ1n) is 3.41. The first-order chi connectivity index (χ1) is 5.36. The zero-order valence-corrected chi connectivity index (χ0v) is 7.14. The van der Waals surface area contributed by atoms with Gasteiger partial charge < -0.3 is 4.55 Å². The van der Waals surface area contributed by atoms with Gasteiger partial charge in [-0.1, -0.05) is 24.3 Å². The Balaban J connectivity index is 2.91. The molecule has 0 aromatic heterocycles. The maximum absolute atomic E-state index is 8.72. The molecule has 0 aliphatic rings. The van der Waals surface area contributed by atoms with Gasteiger partial charge in [0.15, 0.2) is 0 Å². The standard InChI is InChI=1S/C9H10OS/c1-2-4-8-5-3-6-9(7-8)11-10/h2-7,10H,1H3/b4-2+. The molecule has 0 aliphatic heterocycles. The molecule has 11 heavy (non-hydrogen) atoms. The fourth-order valence-electron chi connectivity index (χ4n) is 0.867. The number of benzene rings is 1. The molecule has 1 aromatic rings. The molecule has 1 N–H and O–H groups in total. The van der Waals surface area contributed by atoms with Crippen molar-refractivity contribution in [2.75, 3.05) is 0 Å². The quantitative estimate of drug-likeness (QED) is 0.680. The third-order valence-electron chi connectivity index (χ3n) is 1.32. The molecule has 0 aliphatic carbocycles. The Labute approximate surface area is 71.0 Å². The first-order valence-corrected chi connectivity index (χ1v) is 4.18. The van der Waals surface area contributed by atoms with Gasteiger partial charge in [0, 0.05) is 16.9 Å². The van der Waals surface area contributed by atoms with Gasteiger partial charge in [-0.25, -0.2) is 0 Å². The summed E-state index contributed by atoms with van der Waals surface area (Å²) in [6.45, 7) is 1.97. The maximum Gasteiger partial charge on any atom is 0.0356 e. The summed E-state index contributed by atoms with van der Waals surface area (Å²) < 4.78 is 8.72. The minimum Gasteiger partial charge on any atom is -0.325 e. The molecule has 0 fully saturated rings. The van der Waals surface area contributed by atoms with Gasteiger partial charge in [-0.15, -0.1) is 0 Å². The summed E-state index contributed by atoms with van der Waals surface area (Å²) in [7, 11) is 0. The van der Waals surface area contributed by atoms with E-state index in [9.17, 15) is 0 Å². The Morgan fingerprint density at radius 1 is 1.45 bits per heavy atom. The van der Waals surface area contributed by atoms with Crippen LogP contribution in [0.15, 0.2) is 35.2 Å². The molecule has 0 amide bonds. The van der Waals surface area contributed by atoms with Crippen molar-refractivity contribution in [1.29, 1.82) is 0 Å². The van der Waals surface area contributed by atoms with Gasteiger partial charge in [0.05, 0.1) is 0 Å². The number of hydrogen-bond acceptors (Lipinski definition) is 2. The van der Waals surface area contributed by atoms with Gasteiger partial charge in [0.25, 0.3) is 0 Å². The second kappa shape index (κ2) is 4.21. The van der Waals surface area contributed by atoms with Crippen LogP contribution in [0.5, 0.6) is 0 Å². The van der Waals surface area contributed by atoms with Crippen LogP contribution in [0, 0.1) is 0 Å². The molecular weight excluding hydrogens is 156 g/mol. The number of rotatable bonds is 2. The van der Waals surface area contributed by atoms with Crippen molar-refractivity contribution < 1.29 is 4.55 Å². The van der Waals surface area contributed by atoms with Crippen LogP contribution in [0.4, 0.5) is 0 Å². The lowest BCUT2D eigenvalue weighted by Crippen LogP contribution is -1.72. The smallest absolute Gasteiger partial charge is 0.0356 e. The Kier molecular flexibility index (Phi) is 3.20. The zero-order chi connectivity index (χ0) is 8.10. The average molecular weight is 166 g/mol. The zero-order valence-electron chi connectivity index (χ0n) is 6.32. The summed E-state index contributed by atoms with van der Waals surface area (Å²) in [4.78, 5) is 0.876. The van der Waals surface area contributed by atoms with Crippen molar-refractivity contribution in [3.05, 3.63) is 35.9 Å². The monoisotopic (exact) mass is 166 g/mol. The van der Waals surface area contributed by atoms with E-state index in [-0.39, 0.29) is 0 Å². The third kappa shape index (κ3) is 2.41. The molecule has 0 heterocycles. The second-order valence-electron chi connectivity index (χ2n) is 2.16. The third-order valence-corrected chi connectivity index (χ3v) is 1.79. The maximum atomic E-state index is 8.72. The summed E-state index contributed by atoms with van der Waals surface area (Å²) in [5.41, 5.74) is 1.12. The van der Waals surface area contributed by atoms with Gasteiger partial charge in [-0.3, -0.25) is 0 Å². The van der Waals surface area contributed by atoms with Gasteiger partial charge in [0.1, 0.15) is 0 Å². The summed E-state index contributed by atoms with van der Waals surface area (Å²) >= 11 is 0.775. The molecule has 0 unspecified atom stereocenters. The fraction of sp³-hybridized carbons (Fsp3) is 0.111. The molecule has 1 nitrogen and oxygen atoms in total. The molecule has 0 saturated heterocycles. The SMILES string of the molecule is C/C=C/c1cccc(SO)c1. The second-order valence-corrected chi connectivity index (χ2v) is 2.82. The lowest BCUT2D eigenvalue weighted by molar-refractivity contribution is 0.664. The van der Waals surface area contributed by atoms with Gasteiger partial charge in [-0.05, 0) is 24.6 Å². The molecule has 0 bridgehead atoms. The lowest BCUT2D eigenvalue weighted by atomic mass is 10.2. The van der Waals surface area contributed by atoms with E-state index in [1.54, 1.807) is 0 Å². The van der Waals surface area contributed by atoms with E-state index in [0.717, 1.165) is 22.5 Å². The van der Waals surface area contributed by atoms with E-state index in [4.69, 9.17) is 4.55 Å². The van der Waals surface area contributed by atoms with Crippen LogP contribution in [-0.4, -0.2) is 4.55 Å². The minimum absolute atomic E-state index is 0.775. The molecular formula is C9H10OS. The van der Waals surface area contributed by atoms with Crippen LogP contribution in [-0.2, 0) is 0 Å². The van der Waals surface area contributed by atoms with E-state index < -0.39 is 0 Å². The van der Waals surface area contributed by atoms with Crippen molar-refractivity contribution in [1.82, 2.24) is 0 Å². The molecule has 1 aromatic carbocycles. The van der Waals surface area contributed by atoms with Crippen molar-refractivity contribution >= 4 is 18.1 Å². The van der Waals surface area contributed by atoms with Crippen molar-refractivity contribution in [2.45, 2.75) is 11.8 Å². The van der Waals surface area contributed by atoms with Crippen molar-refractivity contribution in [3.8, 4) is 0 Å². The van der Waals surface area contributed by atoms with E-state index in [1.807, 2.05) is 43.3 Å². The molecule has 0 atom stereocenters. The van der Waals surface area contributed by atoms with Crippen LogP contribution < -0.4 is 0 Å². The Hall–Kier alpha value is -0.730. The Morgan fingerprint density at radius 2 is 2.27 bits per heavy atom. The number of hydrogen-bond donors (Lipinski definition) is 1. The van der Waals surface area contributed by atoms with E-state index in [2.05, 4.69) is 0 Å². The number of allylic oxidation sites excluding steroid dienone is 1. The van der Waals surface area contributed by atoms with Crippen molar-refractivity contribution in [2.24, 2.45) is 0 Å². The summed E-state index contributed by atoms with van der Waals surface area (Å²) in [6, 6.07) is 7.73. The highest BCUT2D eigenvalue weighted by molar-refractivity contribution is 7.93. The van der Waals surface area contributed by atoms with Crippen LogP contribution in [0.3, 0.4) is 0 Å². The summed E-state index contributed by atoms with van der Waals surface area (Å²) in [5, 5.41) is 0. The highest BCUT2D eigenvalue weighted by Crippen LogP contribution is 2.15. The van der Waals surface area contributed by atoms with Crippen LogP contribution in [0.1, 0.15) is 12.5 Å². The molecule has 0 saturated carbocycles. The molecule has 1 rings (SSSR count).